The van der Waals surface area contributed by atoms with E-state index in [9.17, 15) is 8.42 Å². The molecule has 5 heteroatoms. The minimum atomic E-state index is -3.45. The summed E-state index contributed by atoms with van der Waals surface area (Å²) >= 11 is 0. The summed E-state index contributed by atoms with van der Waals surface area (Å²) in [4.78, 5) is 0. The zero-order valence-electron chi connectivity index (χ0n) is 11.4. The van der Waals surface area contributed by atoms with Gasteiger partial charge >= 0.3 is 0 Å². The van der Waals surface area contributed by atoms with Crippen LogP contribution in [0.1, 0.15) is 5.56 Å². The van der Waals surface area contributed by atoms with Gasteiger partial charge in [0.15, 0.2) is 0 Å². The van der Waals surface area contributed by atoms with Crippen LogP contribution >= 0.6 is 0 Å². The van der Waals surface area contributed by atoms with Gasteiger partial charge in [-0.15, -0.1) is 0 Å². The highest BCUT2D eigenvalue weighted by Crippen LogP contribution is 2.26. The highest BCUT2D eigenvalue weighted by molar-refractivity contribution is 7.85. The molecule has 0 saturated heterocycles. The van der Waals surface area contributed by atoms with Gasteiger partial charge in [-0.2, -0.15) is 8.42 Å². The zero-order chi connectivity index (χ0) is 14.6. The van der Waals surface area contributed by atoms with E-state index in [4.69, 9.17) is 8.92 Å². The number of hydrogen-bond donors (Lipinski definition) is 0. The molecule has 0 atom stereocenters. The second-order valence-electron chi connectivity index (χ2n) is 4.35. The van der Waals surface area contributed by atoms with Crippen LogP contribution in [0.4, 0.5) is 0 Å². The summed E-state index contributed by atoms with van der Waals surface area (Å²) in [6.45, 7) is 0.0288. The smallest absolute Gasteiger partial charge is 0.264 e. The predicted molar refractivity (Wildman–Crippen MR) is 78.1 cm³/mol. The summed E-state index contributed by atoms with van der Waals surface area (Å²) in [5.41, 5.74) is 2.75. The van der Waals surface area contributed by atoms with Gasteiger partial charge in [0.1, 0.15) is 5.75 Å². The maximum Gasteiger partial charge on any atom is 0.264 e. The van der Waals surface area contributed by atoms with Crippen LogP contribution in [0.25, 0.3) is 11.1 Å². The van der Waals surface area contributed by atoms with Gasteiger partial charge in [0.05, 0.1) is 20.0 Å². The molecule has 0 aromatic heterocycles. The van der Waals surface area contributed by atoms with Crippen molar-refractivity contribution in [2.24, 2.45) is 0 Å². The summed E-state index contributed by atoms with van der Waals surface area (Å²) in [6.07, 6.45) is 1.04. The molecule has 2 rings (SSSR count). The van der Waals surface area contributed by atoms with E-state index in [0.29, 0.717) is 0 Å². The van der Waals surface area contributed by atoms with E-state index in [1.165, 1.54) is 0 Å². The molecular formula is C15H16O4S. The fourth-order valence-corrected chi connectivity index (χ4v) is 2.21. The van der Waals surface area contributed by atoms with Crippen molar-refractivity contribution in [3.8, 4) is 16.9 Å². The quantitative estimate of drug-likeness (QED) is 0.795. The molecule has 2 aromatic carbocycles. The molecule has 0 radical (unpaired) electrons. The van der Waals surface area contributed by atoms with Gasteiger partial charge in [0.2, 0.25) is 0 Å². The first-order valence-electron chi connectivity index (χ1n) is 6.06. The second-order valence-corrected chi connectivity index (χ2v) is 6.00. The average molecular weight is 292 g/mol. The Labute approximate surface area is 119 Å². The van der Waals surface area contributed by atoms with Crippen LogP contribution in [0.5, 0.6) is 5.75 Å². The SMILES string of the molecule is COc1ccc(-c2ccccc2COS(C)(=O)=O)cc1. The van der Waals surface area contributed by atoms with Gasteiger partial charge in [-0.1, -0.05) is 36.4 Å². The third-order valence-corrected chi connectivity index (χ3v) is 3.39. The highest BCUT2D eigenvalue weighted by atomic mass is 32.2. The molecule has 0 bridgehead atoms. The van der Waals surface area contributed by atoms with E-state index in [1.807, 2.05) is 48.5 Å². The number of rotatable bonds is 5. The molecule has 0 aliphatic rings. The molecule has 0 saturated carbocycles. The molecule has 0 unspecified atom stereocenters. The molecular weight excluding hydrogens is 276 g/mol. The van der Waals surface area contributed by atoms with E-state index in [1.54, 1.807) is 7.11 Å². The number of ether oxygens (including phenoxy) is 1. The van der Waals surface area contributed by atoms with Crippen molar-refractivity contribution >= 4 is 10.1 Å². The van der Waals surface area contributed by atoms with E-state index in [0.717, 1.165) is 28.7 Å². The Balaban J connectivity index is 2.31. The molecule has 0 spiro atoms. The van der Waals surface area contributed by atoms with Crippen LogP contribution in [0.2, 0.25) is 0 Å². The topological polar surface area (TPSA) is 52.6 Å². The van der Waals surface area contributed by atoms with Crippen molar-refractivity contribution in [2.75, 3.05) is 13.4 Å². The molecule has 4 nitrogen and oxygen atoms in total. The van der Waals surface area contributed by atoms with Crippen molar-refractivity contribution in [2.45, 2.75) is 6.61 Å². The summed E-state index contributed by atoms with van der Waals surface area (Å²) in [6, 6.07) is 15.1. The van der Waals surface area contributed by atoms with E-state index in [2.05, 4.69) is 0 Å². The monoisotopic (exact) mass is 292 g/mol. The summed E-state index contributed by atoms with van der Waals surface area (Å²) < 4.78 is 32.2. The Bertz CT molecular complexity index is 675. The first-order valence-corrected chi connectivity index (χ1v) is 7.88. The van der Waals surface area contributed by atoms with Crippen molar-refractivity contribution < 1.29 is 17.3 Å². The van der Waals surface area contributed by atoms with Crippen LogP contribution in [-0.2, 0) is 20.9 Å². The lowest BCUT2D eigenvalue weighted by molar-refractivity contribution is 0.312. The Kier molecular flexibility index (Phi) is 4.42. The van der Waals surface area contributed by atoms with Gasteiger partial charge in [0.25, 0.3) is 10.1 Å². The van der Waals surface area contributed by atoms with E-state index in [-0.39, 0.29) is 6.61 Å². The third kappa shape index (κ3) is 3.82. The van der Waals surface area contributed by atoms with Crippen LogP contribution in [0.3, 0.4) is 0 Å². The van der Waals surface area contributed by atoms with Gasteiger partial charge in [-0.3, -0.25) is 4.18 Å². The van der Waals surface area contributed by atoms with E-state index < -0.39 is 10.1 Å². The molecule has 0 aliphatic heterocycles. The van der Waals surface area contributed by atoms with Crippen molar-refractivity contribution in [1.29, 1.82) is 0 Å². The summed E-state index contributed by atoms with van der Waals surface area (Å²) in [7, 11) is -1.84. The lowest BCUT2D eigenvalue weighted by Gasteiger charge is -2.10. The molecule has 106 valence electrons. The first kappa shape index (κ1) is 14.6. The zero-order valence-corrected chi connectivity index (χ0v) is 12.2. The Morgan fingerprint density at radius 1 is 1.00 bits per heavy atom. The molecule has 0 N–H and O–H groups in total. The molecule has 0 heterocycles. The van der Waals surface area contributed by atoms with Crippen molar-refractivity contribution in [1.82, 2.24) is 0 Å². The Morgan fingerprint density at radius 3 is 2.25 bits per heavy atom. The molecule has 2 aromatic rings. The molecule has 0 fully saturated rings. The van der Waals surface area contributed by atoms with Crippen LogP contribution in [0.15, 0.2) is 48.5 Å². The van der Waals surface area contributed by atoms with Crippen LogP contribution < -0.4 is 4.74 Å². The predicted octanol–water partition coefficient (Wildman–Crippen LogP) is 2.84. The fraction of sp³-hybridized carbons (Fsp3) is 0.200. The first-order chi connectivity index (χ1) is 9.49. The minimum absolute atomic E-state index is 0.0288. The van der Waals surface area contributed by atoms with Crippen molar-refractivity contribution in [3.63, 3.8) is 0 Å². The minimum Gasteiger partial charge on any atom is -0.497 e. The lowest BCUT2D eigenvalue weighted by Crippen LogP contribution is -2.03. The largest absolute Gasteiger partial charge is 0.497 e. The standard InChI is InChI=1S/C15H16O4S/c1-18-14-9-7-12(8-10-14)15-6-4-3-5-13(15)11-19-20(2,16)17/h3-10H,11H2,1-2H3. The van der Waals surface area contributed by atoms with Gasteiger partial charge in [0, 0.05) is 0 Å². The van der Waals surface area contributed by atoms with Crippen LogP contribution in [-0.4, -0.2) is 21.8 Å². The molecule has 0 amide bonds. The molecule has 0 aliphatic carbocycles. The van der Waals surface area contributed by atoms with Gasteiger partial charge in [-0.05, 0) is 28.8 Å². The maximum absolute atomic E-state index is 11.1. The third-order valence-electron chi connectivity index (χ3n) is 2.85. The Hall–Kier alpha value is -1.85. The van der Waals surface area contributed by atoms with Crippen LogP contribution in [0, 0.1) is 0 Å². The second kappa shape index (κ2) is 6.07. The number of methoxy groups -OCH3 is 1. The Morgan fingerprint density at radius 2 is 1.65 bits per heavy atom. The van der Waals surface area contributed by atoms with E-state index >= 15 is 0 Å². The normalized spacial score (nSPS) is 11.3. The number of benzene rings is 2. The maximum atomic E-state index is 11.1. The van der Waals surface area contributed by atoms with Gasteiger partial charge < -0.3 is 4.74 Å². The highest BCUT2D eigenvalue weighted by Gasteiger charge is 2.08. The summed E-state index contributed by atoms with van der Waals surface area (Å²) in [5, 5.41) is 0. The van der Waals surface area contributed by atoms with Gasteiger partial charge in [-0.25, -0.2) is 0 Å². The van der Waals surface area contributed by atoms with Crippen molar-refractivity contribution in [3.05, 3.63) is 54.1 Å². The average Bonchev–Trinajstić information content (AvgIpc) is 2.45. The lowest BCUT2D eigenvalue weighted by atomic mass is 10.0. The fourth-order valence-electron chi connectivity index (χ4n) is 1.87. The molecule has 20 heavy (non-hydrogen) atoms. The number of hydrogen-bond acceptors (Lipinski definition) is 4. The summed E-state index contributed by atoms with van der Waals surface area (Å²) in [5.74, 6) is 0.776.